The molecule has 0 saturated heterocycles. The van der Waals surface area contributed by atoms with Crippen LogP contribution in [0.25, 0.3) is 0 Å². The monoisotopic (exact) mass is 433 g/mol. The van der Waals surface area contributed by atoms with Gasteiger partial charge in [0.15, 0.2) is 5.82 Å². The summed E-state index contributed by atoms with van der Waals surface area (Å²) in [5.41, 5.74) is 0.836. The number of carbonyl (C=O) groups is 2. The van der Waals surface area contributed by atoms with Crippen LogP contribution in [0.2, 0.25) is 0 Å². The average molecular weight is 433 g/mol. The summed E-state index contributed by atoms with van der Waals surface area (Å²) in [7, 11) is -3.77. The van der Waals surface area contributed by atoms with Gasteiger partial charge in [-0.05, 0) is 51.1 Å². The maximum atomic E-state index is 12.5. The van der Waals surface area contributed by atoms with Crippen LogP contribution in [0, 0.1) is 0 Å². The number of hydrogen-bond acceptors (Lipinski definition) is 7. The van der Waals surface area contributed by atoms with E-state index >= 15 is 0 Å². The number of nitrogens with zero attached hydrogens (tertiary/aromatic N) is 1. The van der Waals surface area contributed by atoms with Gasteiger partial charge in [-0.3, -0.25) is 9.52 Å². The summed E-state index contributed by atoms with van der Waals surface area (Å²) in [6.45, 7) is 5.01. The summed E-state index contributed by atoms with van der Waals surface area (Å²) < 4.78 is 32.1. The van der Waals surface area contributed by atoms with Crippen LogP contribution < -0.4 is 20.7 Å². The smallest absolute Gasteiger partial charge is 0.407 e. The normalized spacial score (nSPS) is 13.1. The molecule has 4 N–H and O–H groups in total. The third-order valence-electron chi connectivity index (χ3n) is 3.89. The average Bonchev–Trinajstić information content (AvgIpc) is 2.75. The third-order valence-corrected chi connectivity index (χ3v) is 5.17. The summed E-state index contributed by atoms with van der Waals surface area (Å²) in [6, 6.07) is 7.96. The van der Waals surface area contributed by atoms with Crippen molar-refractivity contribution < 1.29 is 22.7 Å². The first kappa shape index (κ1) is 21.4. The molecule has 0 unspecified atom stereocenters. The maximum Gasteiger partial charge on any atom is 0.407 e. The quantitative estimate of drug-likeness (QED) is 0.568. The first-order chi connectivity index (χ1) is 14.0. The Morgan fingerprint density at radius 3 is 2.67 bits per heavy atom. The highest BCUT2D eigenvalue weighted by Gasteiger charge is 2.21. The van der Waals surface area contributed by atoms with Crippen molar-refractivity contribution in [2.24, 2.45) is 0 Å². The minimum Gasteiger partial charge on any atom is -0.444 e. The molecular weight excluding hydrogens is 410 g/mol. The fourth-order valence-corrected chi connectivity index (χ4v) is 3.62. The zero-order valence-corrected chi connectivity index (χ0v) is 17.6. The number of ether oxygens (including phenoxy) is 1. The molecule has 1 aromatic heterocycles. The number of nitrogens with one attached hydrogen (secondary N) is 4. The van der Waals surface area contributed by atoms with Gasteiger partial charge < -0.3 is 20.7 Å². The van der Waals surface area contributed by atoms with Crippen molar-refractivity contribution in [3.63, 3.8) is 0 Å². The molecule has 160 valence electrons. The Labute approximate surface area is 174 Å². The molecule has 1 aromatic carbocycles. The lowest BCUT2D eigenvalue weighted by Crippen LogP contribution is -2.35. The highest BCUT2D eigenvalue weighted by atomic mass is 32.2. The molecule has 1 aliphatic rings. The summed E-state index contributed by atoms with van der Waals surface area (Å²) in [4.78, 5) is 28.3. The SMILES string of the molecule is CC(C)(C)OC(=O)NCCS(=O)(=O)Nc1ccc2c(c1)C(=O)Nc1cccnc1N2. The Morgan fingerprint density at radius 1 is 1.17 bits per heavy atom. The molecular formula is C19H23N5O5S. The minimum absolute atomic E-state index is 0.127. The zero-order chi connectivity index (χ0) is 21.9. The van der Waals surface area contributed by atoms with Crippen molar-refractivity contribution in [3.8, 4) is 0 Å². The minimum atomic E-state index is -3.77. The van der Waals surface area contributed by atoms with E-state index in [4.69, 9.17) is 4.74 Å². The second-order valence-electron chi connectivity index (χ2n) is 7.59. The van der Waals surface area contributed by atoms with Crippen molar-refractivity contribution >= 4 is 44.9 Å². The van der Waals surface area contributed by atoms with E-state index in [0.29, 0.717) is 17.2 Å². The number of hydrogen-bond donors (Lipinski definition) is 4. The van der Waals surface area contributed by atoms with Gasteiger partial charge in [0.1, 0.15) is 5.60 Å². The van der Waals surface area contributed by atoms with Gasteiger partial charge in [-0.25, -0.2) is 18.2 Å². The largest absolute Gasteiger partial charge is 0.444 e. The van der Waals surface area contributed by atoms with E-state index in [-0.39, 0.29) is 23.5 Å². The van der Waals surface area contributed by atoms with Gasteiger partial charge in [-0.15, -0.1) is 0 Å². The molecule has 2 aromatic rings. The number of alkyl carbamates (subject to hydrolysis) is 1. The molecule has 0 radical (unpaired) electrons. The predicted octanol–water partition coefficient (Wildman–Crippen LogP) is 2.66. The number of rotatable bonds is 5. The van der Waals surface area contributed by atoms with Gasteiger partial charge in [0.05, 0.1) is 22.7 Å². The van der Waals surface area contributed by atoms with E-state index in [1.807, 2.05) is 0 Å². The Balaban J connectivity index is 1.66. The van der Waals surface area contributed by atoms with Crippen molar-refractivity contribution in [2.45, 2.75) is 26.4 Å². The molecule has 30 heavy (non-hydrogen) atoms. The molecule has 0 aliphatic carbocycles. The summed E-state index contributed by atoms with van der Waals surface area (Å²) in [5.74, 6) is -0.258. The van der Waals surface area contributed by atoms with Gasteiger partial charge in [0, 0.05) is 18.4 Å². The maximum absolute atomic E-state index is 12.5. The lowest BCUT2D eigenvalue weighted by Gasteiger charge is -2.19. The molecule has 11 heteroatoms. The van der Waals surface area contributed by atoms with Gasteiger partial charge in [0.25, 0.3) is 5.91 Å². The van der Waals surface area contributed by atoms with E-state index in [1.54, 1.807) is 45.2 Å². The Bertz CT molecular complexity index is 1080. The van der Waals surface area contributed by atoms with E-state index in [1.165, 1.54) is 12.1 Å². The second-order valence-corrected chi connectivity index (χ2v) is 9.43. The number of benzene rings is 1. The van der Waals surface area contributed by atoms with Crippen molar-refractivity contribution in [1.29, 1.82) is 0 Å². The van der Waals surface area contributed by atoms with Crippen LogP contribution >= 0.6 is 0 Å². The van der Waals surface area contributed by atoms with Crippen molar-refractivity contribution in [3.05, 3.63) is 42.1 Å². The molecule has 1 aliphatic heterocycles. The number of fused-ring (bicyclic) bond motifs is 2. The molecule has 2 amide bonds. The first-order valence-corrected chi connectivity index (χ1v) is 10.8. The fourth-order valence-electron chi connectivity index (χ4n) is 2.66. The first-order valence-electron chi connectivity index (χ1n) is 9.17. The fraction of sp³-hybridized carbons (Fsp3) is 0.316. The summed E-state index contributed by atoms with van der Waals surface area (Å²) in [5, 5.41) is 8.18. The van der Waals surface area contributed by atoms with Crippen LogP contribution in [0.5, 0.6) is 0 Å². The summed E-state index contributed by atoms with van der Waals surface area (Å²) >= 11 is 0. The molecule has 0 saturated carbocycles. The molecule has 0 bridgehead atoms. The van der Waals surface area contributed by atoms with Gasteiger partial charge >= 0.3 is 6.09 Å². The number of sulfonamides is 1. The summed E-state index contributed by atoms with van der Waals surface area (Å²) in [6.07, 6.45) is 0.898. The number of amides is 2. The molecule has 2 heterocycles. The molecule has 0 spiro atoms. The van der Waals surface area contributed by atoms with Gasteiger partial charge in [-0.1, -0.05) is 0 Å². The second kappa shape index (κ2) is 8.19. The molecule has 10 nitrogen and oxygen atoms in total. The molecule has 0 atom stereocenters. The third kappa shape index (κ3) is 5.60. The zero-order valence-electron chi connectivity index (χ0n) is 16.8. The van der Waals surface area contributed by atoms with Crippen LogP contribution in [0.4, 0.5) is 27.7 Å². The van der Waals surface area contributed by atoms with Crippen molar-refractivity contribution in [2.75, 3.05) is 27.7 Å². The lowest BCUT2D eigenvalue weighted by atomic mass is 10.1. The van der Waals surface area contributed by atoms with Crippen LogP contribution in [0.3, 0.4) is 0 Å². The van der Waals surface area contributed by atoms with E-state index in [2.05, 4.69) is 25.7 Å². The molecule has 3 rings (SSSR count). The predicted molar refractivity (Wildman–Crippen MR) is 114 cm³/mol. The number of aromatic nitrogens is 1. The lowest BCUT2D eigenvalue weighted by molar-refractivity contribution is 0.0531. The standard InChI is InChI=1S/C19H23N5O5S/c1-19(2,3)29-18(26)21-9-10-30(27,28)24-12-6-7-14-13(11-12)17(25)23-15-5-4-8-20-16(15)22-14/h4-8,11,24H,9-10H2,1-3H3,(H,20,22)(H,21,26)(H,23,25). The van der Waals surface area contributed by atoms with Crippen LogP contribution in [-0.2, 0) is 14.8 Å². The number of anilines is 4. The van der Waals surface area contributed by atoms with Crippen LogP contribution in [0.1, 0.15) is 31.1 Å². The number of pyridine rings is 1. The topological polar surface area (TPSA) is 139 Å². The van der Waals surface area contributed by atoms with Crippen LogP contribution in [0.15, 0.2) is 36.5 Å². The van der Waals surface area contributed by atoms with E-state index < -0.39 is 27.6 Å². The van der Waals surface area contributed by atoms with Gasteiger partial charge in [0.2, 0.25) is 10.0 Å². The molecule has 0 fully saturated rings. The van der Waals surface area contributed by atoms with Crippen LogP contribution in [-0.4, -0.2) is 43.3 Å². The highest BCUT2D eigenvalue weighted by molar-refractivity contribution is 7.92. The van der Waals surface area contributed by atoms with Gasteiger partial charge in [-0.2, -0.15) is 0 Å². The van der Waals surface area contributed by atoms with E-state index in [9.17, 15) is 18.0 Å². The van der Waals surface area contributed by atoms with Crippen molar-refractivity contribution in [1.82, 2.24) is 10.3 Å². The Hall–Kier alpha value is -3.34. The number of carbonyl (C=O) groups excluding carboxylic acids is 2. The van der Waals surface area contributed by atoms with E-state index in [0.717, 1.165) is 0 Å². The Kier molecular flexibility index (Phi) is 5.83. The highest BCUT2D eigenvalue weighted by Crippen LogP contribution is 2.31. The Morgan fingerprint density at radius 2 is 1.93 bits per heavy atom.